The molecule has 0 bridgehead atoms. The molecule has 0 nitrogen and oxygen atoms in total. The van der Waals surface area contributed by atoms with E-state index in [4.69, 9.17) is 0 Å². The van der Waals surface area contributed by atoms with Gasteiger partial charge in [0, 0.05) is 22.5 Å². The van der Waals surface area contributed by atoms with Gasteiger partial charge in [0.2, 0.25) is 0 Å². The summed E-state index contributed by atoms with van der Waals surface area (Å²) in [7, 11) is 0. The topological polar surface area (TPSA) is 0 Å². The molecule has 0 heterocycles. The van der Waals surface area contributed by atoms with E-state index in [1.54, 1.807) is 0 Å². The highest BCUT2D eigenvalue weighted by molar-refractivity contribution is 5.52. The second-order valence-electron chi connectivity index (χ2n) is 5.39. The number of hydrogen-bond donors (Lipinski definition) is 0. The van der Waals surface area contributed by atoms with Crippen LogP contribution in [0.3, 0.4) is 0 Å². The molecule has 18 heavy (non-hydrogen) atoms. The third kappa shape index (κ3) is 2.16. The summed E-state index contributed by atoms with van der Waals surface area (Å²) in [6, 6.07) is 0. The maximum absolute atomic E-state index is 3.36. The van der Waals surface area contributed by atoms with E-state index in [1.165, 1.54) is 5.57 Å². The third-order valence-electron chi connectivity index (χ3n) is 4.20. The van der Waals surface area contributed by atoms with Crippen LogP contribution in [-0.4, -0.2) is 0 Å². The molecule has 0 aromatic carbocycles. The van der Waals surface area contributed by atoms with E-state index < -0.39 is 0 Å². The van der Waals surface area contributed by atoms with Crippen LogP contribution in [0.1, 0.15) is 34.1 Å². The van der Waals surface area contributed by atoms with Crippen LogP contribution in [0.2, 0.25) is 0 Å². The Morgan fingerprint density at radius 1 is 1.39 bits per heavy atom. The highest BCUT2D eigenvalue weighted by atomic mass is 14.3. The van der Waals surface area contributed by atoms with Gasteiger partial charge in [0.25, 0.3) is 0 Å². The summed E-state index contributed by atoms with van der Waals surface area (Å²) < 4.78 is 0. The molecule has 3 atom stereocenters. The second-order valence-corrected chi connectivity index (χ2v) is 5.39. The minimum atomic E-state index is -0.0151. The highest BCUT2D eigenvalue weighted by Crippen LogP contribution is 2.40. The molecule has 0 N–H and O–H groups in total. The van der Waals surface area contributed by atoms with Crippen molar-refractivity contribution in [2.45, 2.75) is 34.1 Å². The molecule has 2 rings (SSSR count). The molecule has 0 aliphatic heterocycles. The Hall–Kier alpha value is -1.66. The van der Waals surface area contributed by atoms with E-state index in [-0.39, 0.29) is 5.41 Å². The molecule has 0 radical (unpaired) electrons. The van der Waals surface area contributed by atoms with Crippen LogP contribution >= 0.6 is 0 Å². The quantitative estimate of drug-likeness (QED) is 0.633. The van der Waals surface area contributed by atoms with Crippen LogP contribution in [0, 0.1) is 40.9 Å². The summed E-state index contributed by atoms with van der Waals surface area (Å²) in [6.45, 7) is 8.81. The molecular weight excluding hydrogens is 216 g/mol. The van der Waals surface area contributed by atoms with Crippen molar-refractivity contribution in [2.24, 2.45) is 17.3 Å². The van der Waals surface area contributed by atoms with Crippen molar-refractivity contribution >= 4 is 0 Å². The number of hydrogen-bond acceptors (Lipinski definition) is 0. The third-order valence-corrected chi connectivity index (χ3v) is 4.20. The number of allylic oxidation sites excluding steroid dienone is 6. The van der Waals surface area contributed by atoms with E-state index in [9.17, 15) is 0 Å². The molecule has 0 saturated carbocycles. The fourth-order valence-electron chi connectivity index (χ4n) is 2.22. The van der Waals surface area contributed by atoms with E-state index in [0.717, 1.165) is 12.0 Å². The van der Waals surface area contributed by atoms with Crippen LogP contribution in [0.25, 0.3) is 0 Å². The lowest BCUT2D eigenvalue weighted by Crippen LogP contribution is -2.22. The molecule has 0 saturated heterocycles. The molecule has 0 aromatic heterocycles. The largest absolute Gasteiger partial charge is 0.0941 e. The zero-order valence-electron chi connectivity index (χ0n) is 11.7. The van der Waals surface area contributed by atoms with Gasteiger partial charge in [-0.25, -0.2) is 0 Å². The predicted octanol–water partition coefficient (Wildman–Crippen LogP) is 4.12. The Morgan fingerprint density at radius 3 is 2.89 bits per heavy atom. The van der Waals surface area contributed by atoms with Gasteiger partial charge in [-0.2, -0.15) is 0 Å². The summed E-state index contributed by atoms with van der Waals surface area (Å²) in [4.78, 5) is 0. The average molecular weight is 236 g/mol. The first-order valence-electron chi connectivity index (χ1n) is 6.71. The van der Waals surface area contributed by atoms with Crippen LogP contribution in [-0.2, 0) is 0 Å². The first-order valence-corrected chi connectivity index (χ1v) is 6.71. The number of fused-ring (bicyclic) bond motifs is 1. The Kier molecular flexibility index (Phi) is 3.49. The lowest BCUT2D eigenvalue weighted by atomic mass is 9.74. The molecule has 0 fully saturated rings. The fourth-order valence-corrected chi connectivity index (χ4v) is 2.22. The van der Waals surface area contributed by atoms with Gasteiger partial charge in [-0.05, 0) is 24.5 Å². The second kappa shape index (κ2) is 4.91. The van der Waals surface area contributed by atoms with Gasteiger partial charge >= 0.3 is 0 Å². The molecule has 2 aliphatic carbocycles. The van der Waals surface area contributed by atoms with Crippen molar-refractivity contribution in [3.8, 4) is 23.7 Å². The van der Waals surface area contributed by atoms with E-state index in [0.29, 0.717) is 11.8 Å². The maximum atomic E-state index is 3.36. The van der Waals surface area contributed by atoms with Crippen LogP contribution < -0.4 is 0 Å². The SMILES string of the molecule is CC[C@H](C)/C1=C/C#CC(C)[C@@]2(C)C=CC=C2C#C1. The summed E-state index contributed by atoms with van der Waals surface area (Å²) >= 11 is 0. The van der Waals surface area contributed by atoms with Crippen LogP contribution in [0.4, 0.5) is 0 Å². The minimum Gasteiger partial charge on any atom is -0.0941 e. The van der Waals surface area contributed by atoms with E-state index >= 15 is 0 Å². The van der Waals surface area contributed by atoms with Gasteiger partial charge in [-0.3, -0.25) is 0 Å². The number of rotatable bonds is 2. The van der Waals surface area contributed by atoms with Crippen molar-refractivity contribution in [1.82, 2.24) is 0 Å². The first kappa shape index (κ1) is 12.8. The van der Waals surface area contributed by atoms with Crippen molar-refractivity contribution in [3.63, 3.8) is 0 Å². The Labute approximate surface area is 111 Å². The summed E-state index contributed by atoms with van der Waals surface area (Å²) in [5.41, 5.74) is 2.34. The first-order chi connectivity index (χ1) is 8.58. The van der Waals surface area contributed by atoms with Gasteiger partial charge in [0.05, 0.1) is 0 Å². The van der Waals surface area contributed by atoms with Gasteiger partial charge in [-0.15, -0.1) is 0 Å². The van der Waals surface area contributed by atoms with Gasteiger partial charge in [0.1, 0.15) is 0 Å². The van der Waals surface area contributed by atoms with Crippen LogP contribution in [0.15, 0.2) is 35.5 Å². The maximum Gasteiger partial charge on any atom is 0.0321 e. The zero-order valence-corrected chi connectivity index (χ0v) is 11.7. The summed E-state index contributed by atoms with van der Waals surface area (Å²) in [5.74, 6) is 14.0. The molecule has 92 valence electrons. The molecule has 0 spiro atoms. The molecule has 0 aromatic rings. The summed E-state index contributed by atoms with van der Waals surface area (Å²) in [5, 5.41) is 0. The Morgan fingerprint density at radius 2 is 2.17 bits per heavy atom. The molecular formula is C18H20. The van der Waals surface area contributed by atoms with E-state index in [2.05, 4.69) is 69.6 Å². The van der Waals surface area contributed by atoms with Crippen molar-refractivity contribution in [2.75, 3.05) is 0 Å². The Balaban J connectivity index is 2.45. The average Bonchev–Trinajstić information content (AvgIpc) is 2.75. The van der Waals surface area contributed by atoms with Gasteiger partial charge in [0.15, 0.2) is 0 Å². The van der Waals surface area contributed by atoms with Crippen LogP contribution in [0.5, 0.6) is 0 Å². The summed E-state index contributed by atoms with van der Waals surface area (Å²) in [6.07, 6.45) is 9.57. The van der Waals surface area contributed by atoms with Gasteiger partial charge < -0.3 is 0 Å². The smallest absolute Gasteiger partial charge is 0.0321 e. The molecule has 0 heteroatoms. The van der Waals surface area contributed by atoms with Crippen molar-refractivity contribution in [1.29, 1.82) is 0 Å². The normalized spacial score (nSPS) is 33.2. The monoisotopic (exact) mass is 236 g/mol. The molecule has 2 aliphatic rings. The van der Waals surface area contributed by atoms with Gasteiger partial charge in [-0.1, -0.05) is 63.5 Å². The van der Waals surface area contributed by atoms with Crippen molar-refractivity contribution < 1.29 is 0 Å². The fraction of sp³-hybridized carbons (Fsp3) is 0.444. The zero-order chi connectivity index (χ0) is 13.2. The Bertz CT molecular complexity index is 548. The van der Waals surface area contributed by atoms with E-state index in [1.807, 2.05) is 6.08 Å². The minimum absolute atomic E-state index is 0.0151. The predicted molar refractivity (Wildman–Crippen MR) is 77.6 cm³/mol. The lowest BCUT2D eigenvalue weighted by Gasteiger charge is -2.27. The lowest BCUT2D eigenvalue weighted by molar-refractivity contribution is 0.427. The highest BCUT2D eigenvalue weighted by Gasteiger charge is 2.33. The standard InChI is InChI=1S/C18H20/c1-5-14(2)16-9-6-8-15(3)18(4)13-7-10-17(18)12-11-16/h7,9-10,13-15H,5H2,1-4H3/b16-9+/t14-,15?,18+/m0/s1. The molecule has 1 unspecified atom stereocenters. The molecule has 0 amide bonds. The van der Waals surface area contributed by atoms with Crippen molar-refractivity contribution in [3.05, 3.63) is 35.5 Å².